The number of thiocarbonyl (C=S) groups is 1. The second-order valence-electron chi connectivity index (χ2n) is 7.68. The second kappa shape index (κ2) is 11.8. The summed E-state index contributed by atoms with van der Waals surface area (Å²) < 4.78 is 6.35. The van der Waals surface area contributed by atoms with Gasteiger partial charge in [0.25, 0.3) is 11.8 Å². The normalized spacial score (nSPS) is 10.5. The summed E-state index contributed by atoms with van der Waals surface area (Å²) in [5.41, 5.74) is 2.50. The Balaban J connectivity index is 1.61. The molecule has 176 valence electrons. The maximum absolute atomic E-state index is 12.9. The molecular weight excluding hydrogens is 514 g/mol. The molecule has 3 aromatic rings. The minimum atomic E-state index is -0.345. The van der Waals surface area contributed by atoms with Crippen LogP contribution in [0.2, 0.25) is 0 Å². The van der Waals surface area contributed by atoms with Crippen molar-refractivity contribution in [1.82, 2.24) is 5.32 Å². The molecule has 0 heterocycles. The Kier molecular flexibility index (Phi) is 8.79. The highest BCUT2D eigenvalue weighted by atomic mass is 79.9. The molecule has 0 saturated heterocycles. The summed E-state index contributed by atoms with van der Waals surface area (Å²) in [5, 5.41) is 5.79. The van der Waals surface area contributed by atoms with Crippen molar-refractivity contribution in [3.8, 4) is 5.75 Å². The third-order valence-electron chi connectivity index (χ3n) is 4.80. The number of carbonyl (C=O) groups excluding carboxylic acids is 2. The smallest absolute Gasteiger partial charge is 0.258 e. The van der Waals surface area contributed by atoms with E-state index in [1.165, 1.54) is 0 Å². The highest BCUT2D eigenvalue weighted by molar-refractivity contribution is 9.10. The van der Waals surface area contributed by atoms with Crippen molar-refractivity contribution in [1.29, 1.82) is 0 Å². The van der Waals surface area contributed by atoms with E-state index in [-0.39, 0.29) is 23.0 Å². The van der Waals surface area contributed by atoms with E-state index in [1.54, 1.807) is 47.4 Å². The zero-order valence-electron chi connectivity index (χ0n) is 19.2. The van der Waals surface area contributed by atoms with Crippen LogP contribution in [-0.2, 0) is 0 Å². The molecule has 2 N–H and O–H groups in total. The maximum atomic E-state index is 12.9. The molecule has 0 aromatic heterocycles. The molecule has 6 nitrogen and oxygen atoms in total. The fraction of sp³-hybridized carbons (Fsp3) is 0.192. The number of carbonyl (C=O) groups is 2. The molecule has 0 aliphatic rings. The van der Waals surface area contributed by atoms with Crippen LogP contribution in [0.3, 0.4) is 0 Å². The molecule has 0 aliphatic carbocycles. The lowest BCUT2D eigenvalue weighted by Gasteiger charge is -2.21. The van der Waals surface area contributed by atoms with Gasteiger partial charge >= 0.3 is 0 Å². The molecule has 0 bridgehead atoms. The number of ether oxygens (including phenoxy) is 1. The van der Waals surface area contributed by atoms with E-state index in [9.17, 15) is 9.59 Å². The van der Waals surface area contributed by atoms with Crippen LogP contribution in [0.5, 0.6) is 5.75 Å². The third-order valence-corrected chi connectivity index (χ3v) is 5.63. The van der Waals surface area contributed by atoms with Gasteiger partial charge in [0, 0.05) is 29.0 Å². The van der Waals surface area contributed by atoms with Gasteiger partial charge in [-0.1, -0.05) is 18.2 Å². The molecule has 0 spiro atoms. The Morgan fingerprint density at radius 2 is 1.65 bits per heavy atom. The van der Waals surface area contributed by atoms with Crippen molar-refractivity contribution in [3.05, 3.63) is 88.4 Å². The Labute approximate surface area is 213 Å². The molecular formula is C26H26BrN3O3S. The Morgan fingerprint density at radius 1 is 1.00 bits per heavy atom. The van der Waals surface area contributed by atoms with Gasteiger partial charge < -0.3 is 15.0 Å². The van der Waals surface area contributed by atoms with Crippen molar-refractivity contribution in [2.45, 2.75) is 26.9 Å². The molecule has 0 fully saturated rings. The van der Waals surface area contributed by atoms with E-state index in [0.29, 0.717) is 33.6 Å². The van der Waals surface area contributed by atoms with Crippen molar-refractivity contribution in [3.63, 3.8) is 0 Å². The van der Waals surface area contributed by atoms with E-state index in [4.69, 9.17) is 17.0 Å². The fourth-order valence-corrected chi connectivity index (χ4v) is 3.92. The molecule has 34 heavy (non-hydrogen) atoms. The Morgan fingerprint density at radius 3 is 2.24 bits per heavy atom. The highest BCUT2D eigenvalue weighted by Gasteiger charge is 2.16. The number of halogens is 1. The lowest BCUT2D eigenvalue weighted by molar-refractivity contribution is 0.0973. The van der Waals surface area contributed by atoms with E-state index in [2.05, 4.69) is 26.6 Å². The Bertz CT molecular complexity index is 1170. The van der Waals surface area contributed by atoms with E-state index in [1.807, 2.05) is 51.1 Å². The van der Waals surface area contributed by atoms with Gasteiger partial charge in [-0.15, -0.1) is 0 Å². The van der Waals surface area contributed by atoms with E-state index >= 15 is 0 Å². The van der Waals surface area contributed by atoms with Gasteiger partial charge in [-0.3, -0.25) is 14.9 Å². The summed E-state index contributed by atoms with van der Waals surface area (Å²) in [6, 6.07) is 21.6. The SMILES string of the molecule is CCN(C(=O)c1ccc(NC(=S)NC(=O)c2ccc(OC(C)C)c(Br)c2)cc1)c1ccccc1. The minimum absolute atomic E-state index is 0.0258. The van der Waals surface area contributed by atoms with Crippen LogP contribution in [0.25, 0.3) is 0 Å². The lowest BCUT2D eigenvalue weighted by atomic mass is 10.1. The van der Waals surface area contributed by atoms with Crippen molar-refractivity contribution < 1.29 is 14.3 Å². The van der Waals surface area contributed by atoms with Crippen LogP contribution in [0.15, 0.2) is 77.3 Å². The molecule has 2 amide bonds. The summed E-state index contributed by atoms with van der Waals surface area (Å²) in [6.07, 6.45) is 0.0258. The fourth-order valence-electron chi connectivity index (χ4n) is 3.23. The van der Waals surface area contributed by atoms with Gasteiger partial charge in [0.15, 0.2) is 5.11 Å². The first kappa shape index (κ1) is 25.4. The summed E-state index contributed by atoms with van der Waals surface area (Å²) in [6.45, 7) is 6.36. The number of rotatable bonds is 7. The number of nitrogens with one attached hydrogen (secondary N) is 2. The first-order valence-electron chi connectivity index (χ1n) is 10.8. The number of anilines is 2. The van der Waals surface area contributed by atoms with E-state index < -0.39 is 0 Å². The number of hydrogen-bond acceptors (Lipinski definition) is 4. The largest absolute Gasteiger partial charge is 0.490 e. The number of para-hydroxylation sites is 1. The number of nitrogens with zero attached hydrogens (tertiary/aromatic N) is 1. The minimum Gasteiger partial charge on any atom is -0.490 e. The van der Waals surface area contributed by atoms with Gasteiger partial charge in [-0.05, 0) is 104 Å². The van der Waals surface area contributed by atoms with Crippen LogP contribution in [0.4, 0.5) is 11.4 Å². The summed E-state index contributed by atoms with van der Waals surface area (Å²) >= 11 is 8.71. The standard InChI is InChI=1S/C26H26BrN3O3S/c1-4-30(21-8-6-5-7-9-21)25(32)18-10-13-20(14-11-18)28-26(34)29-24(31)19-12-15-23(22(27)16-19)33-17(2)3/h5-17H,4H2,1-3H3,(H2,28,29,31,34). The molecule has 8 heteroatoms. The van der Waals surface area contributed by atoms with Gasteiger partial charge in [-0.25, -0.2) is 0 Å². The zero-order valence-corrected chi connectivity index (χ0v) is 21.6. The predicted octanol–water partition coefficient (Wildman–Crippen LogP) is 6.03. The predicted molar refractivity (Wildman–Crippen MR) is 144 cm³/mol. The van der Waals surface area contributed by atoms with Gasteiger partial charge in [0.05, 0.1) is 10.6 Å². The highest BCUT2D eigenvalue weighted by Crippen LogP contribution is 2.27. The third kappa shape index (κ3) is 6.65. The first-order valence-corrected chi connectivity index (χ1v) is 12.0. The number of amides is 2. The van der Waals surface area contributed by atoms with Gasteiger partial charge in [0.2, 0.25) is 0 Å². The van der Waals surface area contributed by atoms with E-state index in [0.717, 1.165) is 5.69 Å². The maximum Gasteiger partial charge on any atom is 0.258 e. The van der Waals surface area contributed by atoms with Crippen molar-refractivity contribution >= 4 is 56.4 Å². The monoisotopic (exact) mass is 539 g/mol. The summed E-state index contributed by atoms with van der Waals surface area (Å²) in [7, 11) is 0. The van der Waals surface area contributed by atoms with Crippen molar-refractivity contribution in [2.24, 2.45) is 0 Å². The molecule has 0 atom stereocenters. The number of hydrogen-bond donors (Lipinski definition) is 2. The molecule has 0 radical (unpaired) electrons. The second-order valence-corrected chi connectivity index (χ2v) is 8.94. The zero-order chi connectivity index (χ0) is 24.7. The molecule has 0 aliphatic heterocycles. The first-order chi connectivity index (χ1) is 16.3. The van der Waals surface area contributed by atoms with Crippen LogP contribution >= 0.6 is 28.1 Å². The average Bonchev–Trinajstić information content (AvgIpc) is 2.81. The molecule has 3 aromatic carbocycles. The van der Waals surface area contributed by atoms with Gasteiger partial charge in [-0.2, -0.15) is 0 Å². The number of benzene rings is 3. The molecule has 3 rings (SSSR count). The summed E-state index contributed by atoms with van der Waals surface area (Å²) in [5.74, 6) is 0.227. The average molecular weight is 540 g/mol. The Hall–Kier alpha value is -3.23. The van der Waals surface area contributed by atoms with Crippen LogP contribution in [0, 0.1) is 0 Å². The van der Waals surface area contributed by atoms with Crippen LogP contribution in [-0.4, -0.2) is 29.6 Å². The lowest BCUT2D eigenvalue weighted by Crippen LogP contribution is -2.34. The summed E-state index contributed by atoms with van der Waals surface area (Å²) in [4.78, 5) is 27.2. The van der Waals surface area contributed by atoms with Crippen molar-refractivity contribution in [2.75, 3.05) is 16.8 Å². The van der Waals surface area contributed by atoms with Gasteiger partial charge in [0.1, 0.15) is 5.75 Å². The quantitative estimate of drug-likeness (QED) is 0.358. The molecule has 0 saturated carbocycles. The topological polar surface area (TPSA) is 70.7 Å². The van der Waals surface area contributed by atoms with Crippen LogP contribution < -0.4 is 20.3 Å². The molecule has 0 unspecified atom stereocenters. The van der Waals surface area contributed by atoms with Crippen LogP contribution in [0.1, 0.15) is 41.5 Å².